The van der Waals surface area contributed by atoms with Gasteiger partial charge in [-0.3, -0.25) is 4.79 Å². The number of hydrogen-bond donors (Lipinski definition) is 2. The molecule has 0 aromatic heterocycles. The van der Waals surface area contributed by atoms with Crippen molar-refractivity contribution in [1.29, 1.82) is 0 Å². The third kappa shape index (κ3) is 9.39. The Kier molecular flexibility index (Phi) is 6.70. The van der Waals surface area contributed by atoms with Crippen LogP contribution in [0, 0.1) is 6.92 Å². The van der Waals surface area contributed by atoms with Crippen LogP contribution in [-0.2, 0) is 9.53 Å². The highest BCUT2D eigenvalue weighted by atomic mass is 16.5. The maximum absolute atomic E-state index is 10.0. The summed E-state index contributed by atoms with van der Waals surface area (Å²) < 4.78 is 4.97. The highest BCUT2D eigenvalue weighted by Crippen LogP contribution is 1.95. The lowest BCUT2D eigenvalue weighted by atomic mass is 10.2. The summed E-state index contributed by atoms with van der Waals surface area (Å²) in [4.78, 5) is 10.0. The number of aliphatic hydroxyl groups is 1. The SMILES string of the molecule is [CH2]C(O)COCCCCC(=O)O. The van der Waals surface area contributed by atoms with E-state index >= 15 is 0 Å². The van der Waals surface area contributed by atoms with E-state index in [1.807, 2.05) is 0 Å². The number of aliphatic carboxylic acids is 1. The first-order chi connectivity index (χ1) is 5.63. The molecular formula is C8H15O4. The molecule has 1 unspecified atom stereocenters. The molecule has 0 aromatic rings. The summed E-state index contributed by atoms with van der Waals surface area (Å²) in [6.07, 6.45) is 0.808. The van der Waals surface area contributed by atoms with Gasteiger partial charge in [-0.15, -0.1) is 0 Å². The molecule has 0 heterocycles. The van der Waals surface area contributed by atoms with Crippen LogP contribution in [0.5, 0.6) is 0 Å². The second-order valence-electron chi connectivity index (χ2n) is 2.58. The van der Waals surface area contributed by atoms with Gasteiger partial charge in [-0.05, 0) is 19.8 Å². The number of rotatable bonds is 7. The lowest BCUT2D eigenvalue weighted by Gasteiger charge is -2.04. The van der Waals surface area contributed by atoms with Gasteiger partial charge in [0.15, 0.2) is 0 Å². The zero-order valence-corrected chi connectivity index (χ0v) is 7.03. The summed E-state index contributed by atoms with van der Waals surface area (Å²) in [5.41, 5.74) is 0. The Morgan fingerprint density at radius 1 is 1.50 bits per heavy atom. The van der Waals surface area contributed by atoms with Crippen LogP contribution < -0.4 is 0 Å². The second kappa shape index (κ2) is 7.06. The number of carboxylic acids is 1. The lowest BCUT2D eigenvalue weighted by Crippen LogP contribution is -2.11. The molecule has 1 atom stereocenters. The Balaban J connectivity index is 2.96. The van der Waals surface area contributed by atoms with E-state index in [4.69, 9.17) is 14.9 Å². The van der Waals surface area contributed by atoms with Crippen molar-refractivity contribution >= 4 is 5.97 Å². The first kappa shape index (κ1) is 11.4. The average Bonchev–Trinajstić information content (AvgIpc) is 1.95. The maximum Gasteiger partial charge on any atom is 0.303 e. The van der Waals surface area contributed by atoms with Crippen molar-refractivity contribution in [2.75, 3.05) is 13.2 Å². The minimum atomic E-state index is -0.785. The predicted molar refractivity (Wildman–Crippen MR) is 43.7 cm³/mol. The van der Waals surface area contributed by atoms with E-state index in [9.17, 15) is 4.79 Å². The van der Waals surface area contributed by atoms with Crippen molar-refractivity contribution in [3.05, 3.63) is 6.92 Å². The number of ether oxygens (including phenoxy) is 1. The molecule has 0 spiro atoms. The van der Waals surface area contributed by atoms with Gasteiger partial charge < -0.3 is 14.9 Å². The molecule has 0 aliphatic rings. The van der Waals surface area contributed by atoms with Gasteiger partial charge in [-0.25, -0.2) is 0 Å². The molecule has 0 rings (SSSR count). The molecule has 0 bridgehead atoms. The molecular weight excluding hydrogens is 160 g/mol. The zero-order valence-electron chi connectivity index (χ0n) is 7.03. The third-order valence-corrected chi connectivity index (χ3v) is 1.24. The Labute approximate surface area is 72.2 Å². The highest BCUT2D eigenvalue weighted by molar-refractivity contribution is 5.66. The number of unbranched alkanes of at least 4 members (excludes halogenated alkanes) is 1. The van der Waals surface area contributed by atoms with Gasteiger partial charge in [-0.2, -0.15) is 0 Å². The first-order valence-electron chi connectivity index (χ1n) is 3.93. The van der Waals surface area contributed by atoms with E-state index in [2.05, 4.69) is 6.92 Å². The van der Waals surface area contributed by atoms with Crippen molar-refractivity contribution < 1.29 is 19.7 Å². The Morgan fingerprint density at radius 3 is 2.67 bits per heavy atom. The monoisotopic (exact) mass is 175 g/mol. The van der Waals surface area contributed by atoms with Crippen molar-refractivity contribution in [1.82, 2.24) is 0 Å². The van der Waals surface area contributed by atoms with E-state index in [-0.39, 0.29) is 13.0 Å². The molecule has 0 amide bonds. The summed E-state index contributed by atoms with van der Waals surface area (Å²) in [6, 6.07) is 0. The van der Waals surface area contributed by atoms with Crippen LogP contribution in [0.1, 0.15) is 19.3 Å². The molecule has 2 N–H and O–H groups in total. The predicted octanol–water partition coefficient (Wildman–Crippen LogP) is 0.453. The molecule has 0 aliphatic heterocycles. The molecule has 0 aliphatic carbocycles. The Hall–Kier alpha value is -0.610. The molecule has 0 aromatic carbocycles. The van der Waals surface area contributed by atoms with Gasteiger partial charge in [0.2, 0.25) is 0 Å². The summed E-state index contributed by atoms with van der Waals surface area (Å²) in [7, 11) is 0. The van der Waals surface area contributed by atoms with Gasteiger partial charge in [0.1, 0.15) is 0 Å². The molecule has 4 heteroatoms. The van der Waals surface area contributed by atoms with Crippen molar-refractivity contribution in [3.63, 3.8) is 0 Å². The van der Waals surface area contributed by atoms with Crippen LogP contribution >= 0.6 is 0 Å². The second-order valence-corrected chi connectivity index (χ2v) is 2.58. The van der Waals surface area contributed by atoms with Crippen molar-refractivity contribution in [2.24, 2.45) is 0 Å². The van der Waals surface area contributed by atoms with Crippen LogP contribution in [0.15, 0.2) is 0 Å². The van der Waals surface area contributed by atoms with Crippen LogP contribution in [0.4, 0.5) is 0 Å². The van der Waals surface area contributed by atoms with Crippen LogP contribution in [-0.4, -0.2) is 35.5 Å². The molecule has 12 heavy (non-hydrogen) atoms. The molecule has 4 nitrogen and oxygen atoms in total. The van der Waals surface area contributed by atoms with Crippen molar-refractivity contribution in [2.45, 2.75) is 25.4 Å². The molecule has 0 saturated carbocycles. The fourth-order valence-corrected chi connectivity index (χ4v) is 0.700. The number of carboxylic acid groups (broad SMARTS) is 1. The van der Waals surface area contributed by atoms with Gasteiger partial charge in [-0.1, -0.05) is 0 Å². The number of aliphatic hydroxyl groups excluding tert-OH is 1. The summed E-state index contributed by atoms with van der Waals surface area (Å²) in [5.74, 6) is -0.785. The van der Waals surface area contributed by atoms with Crippen LogP contribution in [0.25, 0.3) is 0 Å². The standard InChI is InChI=1S/C8H15O4/c1-7(9)6-12-5-3-2-4-8(10)11/h7,9H,1-6H2,(H,10,11). The molecule has 1 radical (unpaired) electrons. The first-order valence-corrected chi connectivity index (χ1v) is 3.93. The Morgan fingerprint density at radius 2 is 2.17 bits per heavy atom. The van der Waals surface area contributed by atoms with E-state index in [0.29, 0.717) is 19.4 Å². The largest absolute Gasteiger partial charge is 0.481 e. The van der Waals surface area contributed by atoms with Crippen molar-refractivity contribution in [3.8, 4) is 0 Å². The maximum atomic E-state index is 10.0. The minimum absolute atomic E-state index is 0.177. The third-order valence-electron chi connectivity index (χ3n) is 1.24. The quantitative estimate of drug-likeness (QED) is 0.551. The van der Waals surface area contributed by atoms with E-state index in [1.54, 1.807) is 0 Å². The zero-order chi connectivity index (χ0) is 9.40. The Bertz CT molecular complexity index is 122. The van der Waals surface area contributed by atoms with E-state index < -0.39 is 12.1 Å². The van der Waals surface area contributed by atoms with Gasteiger partial charge >= 0.3 is 5.97 Å². The van der Waals surface area contributed by atoms with Gasteiger partial charge in [0.05, 0.1) is 12.7 Å². The average molecular weight is 175 g/mol. The fourth-order valence-electron chi connectivity index (χ4n) is 0.700. The highest BCUT2D eigenvalue weighted by Gasteiger charge is 1.97. The molecule has 0 saturated heterocycles. The topological polar surface area (TPSA) is 66.8 Å². The van der Waals surface area contributed by atoms with E-state index in [0.717, 1.165) is 0 Å². The minimum Gasteiger partial charge on any atom is -0.481 e. The summed E-state index contributed by atoms with van der Waals surface area (Å²) in [6.45, 7) is 4.02. The number of carbonyl (C=O) groups is 1. The van der Waals surface area contributed by atoms with Gasteiger partial charge in [0.25, 0.3) is 0 Å². The molecule has 0 fully saturated rings. The fraction of sp³-hybridized carbons (Fsp3) is 0.750. The molecule has 71 valence electrons. The summed E-state index contributed by atoms with van der Waals surface area (Å²) in [5, 5.41) is 16.9. The smallest absolute Gasteiger partial charge is 0.303 e. The van der Waals surface area contributed by atoms with Crippen LogP contribution in [0.3, 0.4) is 0 Å². The number of hydrogen-bond acceptors (Lipinski definition) is 3. The van der Waals surface area contributed by atoms with Crippen LogP contribution in [0.2, 0.25) is 0 Å². The van der Waals surface area contributed by atoms with Gasteiger partial charge in [0, 0.05) is 13.0 Å². The summed E-state index contributed by atoms with van der Waals surface area (Å²) >= 11 is 0. The van der Waals surface area contributed by atoms with E-state index in [1.165, 1.54) is 0 Å². The lowest BCUT2D eigenvalue weighted by molar-refractivity contribution is -0.137. The normalized spacial score (nSPS) is 12.8.